The molecule has 5 heteroatoms. The van der Waals surface area contributed by atoms with Gasteiger partial charge in [0.25, 0.3) is 0 Å². The number of rotatable bonds is 11. The second-order valence-corrected chi connectivity index (χ2v) is 10.3. The second kappa shape index (κ2) is 14.0. The molecule has 2 N–H and O–H groups in total. The maximum Gasteiger partial charge on any atom is 0.226 e. The van der Waals surface area contributed by atoms with Crippen molar-refractivity contribution >= 4 is 34.5 Å². The number of carbonyl (C=O) groups is 1. The van der Waals surface area contributed by atoms with Crippen LogP contribution in [0.4, 0.5) is 11.4 Å². The van der Waals surface area contributed by atoms with Crippen molar-refractivity contribution in [2.75, 3.05) is 30.3 Å². The van der Waals surface area contributed by atoms with E-state index >= 15 is 0 Å². The number of piperidine rings is 1. The number of amides is 1. The summed E-state index contributed by atoms with van der Waals surface area (Å²) in [7, 11) is 0. The molecule has 0 bridgehead atoms. The van der Waals surface area contributed by atoms with E-state index < -0.39 is 0 Å². The Hall–Kier alpha value is -3.08. The highest BCUT2D eigenvalue weighted by molar-refractivity contribution is 6.33. The van der Waals surface area contributed by atoms with E-state index in [9.17, 15) is 4.79 Å². The fourth-order valence-electron chi connectivity index (χ4n) is 4.50. The van der Waals surface area contributed by atoms with Crippen molar-refractivity contribution in [2.24, 2.45) is 5.92 Å². The van der Waals surface area contributed by atoms with Crippen molar-refractivity contribution in [1.82, 2.24) is 4.90 Å². The summed E-state index contributed by atoms with van der Waals surface area (Å²) in [5.41, 5.74) is 5.98. The predicted molar refractivity (Wildman–Crippen MR) is 160 cm³/mol. The maximum absolute atomic E-state index is 12.1. The Bertz CT molecular complexity index is 1160. The molecular formula is C32H40ClN3O. The number of para-hydroxylation sites is 1. The summed E-state index contributed by atoms with van der Waals surface area (Å²) in [6.07, 6.45) is 11.0. The minimum atomic E-state index is -0.0347. The lowest BCUT2D eigenvalue weighted by Gasteiger charge is -2.33. The number of nitrogens with one attached hydrogen (secondary N) is 2. The molecule has 0 aliphatic carbocycles. The number of allylic oxidation sites excluding steroid dienone is 4. The number of carbonyl (C=O) groups excluding carboxylic acids is 1. The SMILES string of the molecule is C=C/C(=C\C=C/CC)Nc1c(Cl)cccc1C(=C)CN1CCC(c2cccc(NC(=O)C(C)C)c2)CC1. The van der Waals surface area contributed by atoms with Crippen LogP contribution >= 0.6 is 11.6 Å². The summed E-state index contributed by atoms with van der Waals surface area (Å²) in [6, 6.07) is 14.2. The molecule has 4 nitrogen and oxygen atoms in total. The molecule has 1 aliphatic rings. The van der Waals surface area contributed by atoms with Crippen LogP contribution in [-0.2, 0) is 4.79 Å². The van der Waals surface area contributed by atoms with Gasteiger partial charge in [-0.2, -0.15) is 0 Å². The monoisotopic (exact) mass is 517 g/mol. The van der Waals surface area contributed by atoms with Crippen LogP contribution < -0.4 is 10.6 Å². The highest BCUT2D eigenvalue weighted by Gasteiger charge is 2.22. The van der Waals surface area contributed by atoms with Crippen molar-refractivity contribution in [1.29, 1.82) is 0 Å². The van der Waals surface area contributed by atoms with Crippen LogP contribution in [0.3, 0.4) is 0 Å². The van der Waals surface area contributed by atoms with Gasteiger partial charge in [0.2, 0.25) is 5.91 Å². The smallest absolute Gasteiger partial charge is 0.226 e. The molecule has 0 atom stereocenters. The molecule has 0 saturated carbocycles. The van der Waals surface area contributed by atoms with E-state index in [2.05, 4.69) is 59.9 Å². The molecule has 1 aliphatic heterocycles. The molecule has 1 heterocycles. The molecule has 3 rings (SSSR count). The molecule has 0 unspecified atom stereocenters. The molecule has 0 spiro atoms. The third-order valence-corrected chi connectivity index (χ3v) is 7.00. The summed E-state index contributed by atoms with van der Waals surface area (Å²) < 4.78 is 0. The zero-order valence-corrected chi connectivity index (χ0v) is 23.2. The van der Waals surface area contributed by atoms with Crippen LogP contribution in [0.25, 0.3) is 5.57 Å². The molecule has 0 radical (unpaired) electrons. The molecule has 1 saturated heterocycles. The van der Waals surface area contributed by atoms with Gasteiger partial charge in [-0.25, -0.2) is 0 Å². The zero-order valence-electron chi connectivity index (χ0n) is 22.4. The predicted octanol–water partition coefficient (Wildman–Crippen LogP) is 8.28. The maximum atomic E-state index is 12.1. The summed E-state index contributed by atoms with van der Waals surface area (Å²) in [6.45, 7) is 17.1. The van der Waals surface area contributed by atoms with E-state index in [0.717, 1.165) is 67.1 Å². The first-order valence-corrected chi connectivity index (χ1v) is 13.6. The van der Waals surface area contributed by atoms with Crippen LogP contribution in [0, 0.1) is 5.92 Å². The number of hydrogen-bond acceptors (Lipinski definition) is 3. The Labute approximate surface area is 227 Å². The van der Waals surface area contributed by atoms with Crippen LogP contribution in [-0.4, -0.2) is 30.4 Å². The topological polar surface area (TPSA) is 44.4 Å². The van der Waals surface area contributed by atoms with Crippen molar-refractivity contribution in [3.8, 4) is 0 Å². The molecule has 196 valence electrons. The number of nitrogens with zero attached hydrogens (tertiary/aromatic N) is 1. The van der Waals surface area contributed by atoms with Gasteiger partial charge in [-0.15, -0.1) is 0 Å². The van der Waals surface area contributed by atoms with Gasteiger partial charge >= 0.3 is 0 Å². The van der Waals surface area contributed by atoms with Crippen molar-refractivity contribution in [2.45, 2.75) is 46.0 Å². The zero-order chi connectivity index (χ0) is 26.8. The molecule has 1 fully saturated rings. The highest BCUT2D eigenvalue weighted by atomic mass is 35.5. The van der Waals surface area contributed by atoms with Crippen LogP contribution in [0.15, 0.2) is 85.6 Å². The Morgan fingerprint density at radius 3 is 2.57 bits per heavy atom. The molecular weight excluding hydrogens is 478 g/mol. The average molecular weight is 518 g/mol. The van der Waals surface area contributed by atoms with Crippen LogP contribution in [0.5, 0.6) is 0 Å². The van der Waals surface area contributed by atoms with E-state index in [1.807, 2.05) is 50.3 Å². The van der Waals surface area contributed by atoms with E-state index in [1.54, 1.807) is 6.08 Å². The van der Waals surface area contributed by atoms with Crippen LogP contribution in [0.1, 0.15) is 57.1 Å². The van der Waals surface area contributed by atoms with E-state index in [4.69, 9.17) is 11.6 Å². The van der Waals surface area contributed by atoms with Gasteiger partial charge in [-0.3, -0.25) is 9.69 Å². The van der Waals surface area contributed by atoms with Crippen LogP contribution in [0.2, 0.25) is 5.02 Å². The van der Waals surface area contributed by atoms with Gasteiger partial charge in [0, 0.05) is 29.4 Å². The number of likely N-dealkylation sites (tertiary alicyclic amines) is 1. The lowest BCUT2D eigenvalue weighted by molar-refractivity contribution is -0.118. The quantitative estimate of drug-likeness (QED) is 0.295. The fourth-order valence-corrected chi connectivity index (χ4v) is 4.72. The first-order chi connectivity index (χ1) is 17.8. The number of halogens is 1. The molecule has 0 aromatic heterocycles. The van der Waals surface area contributed by atoms with E-state index in [-0.39, 0.29) is 11.8 Å². The van der Waals surface area contributed by atoms with Gasteiger partial charge in [-0.05, 0) is 79.8 Å². The number of hydrogen-bond donors (Lipinski definition) is 2. The molecule has 1 amide bonds. The third-order valence-electron chi connectivity index (χ3n) is 6.68. The Morgan fingerprint density at radius 1 is 1.16 bits per heavy atom. The largest absolute Gasteiger partial charge is 0.354 e. The van der Waals surface area contributed by atoms with Crippen molar-refractivity contribution in [3.05, 3.63) is 102 Å². The second-order valence-electron chi connectivity index (χ2n) is 9.87. The summed E-state index contributed by atoms with van der Waals surface area (Å²) in [4.78, 5) is 14.6. The Balaban J connectivity index is 1.63. The standard InChI is InChI=1S/C32H40ClN3O/c1-6-8-9-13-27(7-2)34-31-29(15-11-16-30(31)33)24(5)22-36-19-17-25(18-20-36)26-12-10-14-28(21-26)35-32(37)23(3)4/h7-16,21,23,25,34H,2,5-6,17-20,22H2,1,3-4H3,(H,35,37)/b9-8-,27-13+. The van der Waals surface area contributed by atoms with Gasteiger partial charge < -0.3 is 10.6 Å². The van der Waals surface area contributed by atoms with E-state index in [0.29, 0.717) is 10.9 Å². The van der Waals surface area contributed by atoms with Crippen molar-refractivity contribution in [3.63, 3.8) is 0 Å². The fraction of sp³-hybridized carbons (Fsp3) is 0.344. The normalized spacial score (nSPS) is 15.2. The first-order valence-electron chi connectivity index (χ1n) is 13.2. The number of benzene rings is 2. The summed E-state index contributed by atoms with van der Waals surface area (Å²) in [5, 5.41) is 7.13. The minimum Gasteiger partial charge on any atom is -0.354 e. The summed E-state index contributed by atoms with van der Waals surface area (Å²) >= 11 is 6.60. The summed E-state index contributed by atoms with van der Waals surface area (Å²) in [5.74, 6) is 0.501. The molecule has 2 aromatic rings. The van der Waals surface area contributed by atoms with Crippen molar-refractivity contribution < 1.29 is 4.79 Å². The average Bonchev–Trinajstić information content (AvgIpc) is 2.89. The third kappa shape index (κ3) is 8.21. The van der Waals surface area contributed by atoms with Gasteiger partial charge in [0.15, 0.2) is 0 Å². The van der Waals surface area contributed by atoms with E-state index in [1.165, 1.54) is 5.56 Å². The van der Waals surface area contributed by atoms with Gasteiger partial charge in [0.1, 0.15) is 0 Å². The highest BCUT2D eigenvalue weighted by Crippen LogP contribution is 2.34. The Kier molecular flexibility index (Phi) is 10.8. The first kappa shape index (κ1) is 28.5. The van der Waals surface area contributed by atoms with Gasteiger partial charge in [-0.1, -0.05) is 81.9 Å². The minimum absolute atomic E-state index is 0.0347. The molecule has 37 heavy (non-hydrogen) atoms. The number of anilines is 2. The molecule has 2 aromatic carbocycles. The Morgan fingerprint density at radius 2 is 1.89 bits per heavy atom. The lowest BCUT2D eigenvalue weighted by atomic mass is 9.89. The van der Waals surface area contributed by atoms with Gasteiger partial charge in [0.05, 0.1) is 10.7 Å². The lowest BCUT2D eigenvalue weighted by Crippen LogP contribution is -2.34.